The third-order valence-electron chi connectivity index (χ3n) is 3.60. The summed E-state index contributed by atoms with van der Waals surface area (Å²) in [5.74, 6) is 0.707. The third kappa shape index (κ3) is 4.38. The van der Waals surface area contributed by atoms with Gasteiger partial charge in [0.1, 0.15) is 5.76 Å². The lowest BCUT2D eigenvalue weighted by Gasteiger charge is -2.22. The second kappa shape index (κ2) is 7.09. The van der Waals surface area contributed by atoms with Crippen LogP contribution < -0.4 is 16.4 Å². The predicted molar refractivity (Wildman–Crippen MR) is 73.9 cm³/mol. The summed E-state index contributed by atoms with van der Waals surface area (Å²) in [6.45, 7) is 2.39. The molecule has 0 radical (unpaired) electrons. The van der Waals surface area contributed by atoms with Crippen LogP contribution in [0.2, 0.25) is 0 Å². The van der Waals surface area contributed by atoms with Crippen LogP contribution in [0.3, 0.4) is 0 Å². The topological polar surface area (TPSA) is 97.4 Å². The van der Waals surface area contributed by atoms with Gasteiger partial charge < -0.3 is 20.8 Å². The zero-order chi connectivity index (χ0) is 14.4. The van der Waals surface area contributed by atoms with E-state index in [1.54, 1.807) is 6.07 Å². The van der Waals surface area contributed by atoms with Gasteiger partial charge in [-0.1, -0.05) is 0 Å². The van der Waals surface area contributed by atoms with E-state index in [4.69, 9.17) is 10.2 Å². The first-order chi connectivity index (χ1) is 9.65. The van der Waals surface area contributed by atoms with Crippen LogP contribution in [0, 0.1) is 5.92 Å². The van der Waals surface area contributed by atoms with Gasteiger partial charge in [0.05, 0.1) is 6.54 Å². The quantitative estimate of drug-likeness (QED) is 0.716. The number of nitrogens with one attached hydrogen (secondary N) is 2. The summed E-state index contributed by atoms with van der Waals surface area (Å²) in [7, 11) is 0. The van der Waals surface area contributed by atoms with Crippen molar-refractivity contribution < 1.29 is 14.0 Å². The van der Waals surface area contributed by atoms with Crippen LogP contribution in [0.5, 0.6) is 0 Å². The highest BCUT2D eigenvalue weighted by Crippen LogP contribution is 2.17. The van der Waals surface area contributed by atoms with Crippen molar-refractivity contribution in [1.82, 2.24) is 10.6 Å². The molecule has 1 aliphatic rings. The lowest BCUT2D eigenvalue weighted by Crippen LogP contribution is -2.29. The molecule has 110 valence electrons. The summed E-state index contributed by atoms with van der Waals surface area (Å²) in [6.07, 6.45) is 3.76. The molecule has 2 rings (SSSR count). The minimum absolute atomic E-state index is 0.0144. The number of carbonyl (C=O) groups is 2. The Labute approximate surface area is 118 Å². The molecule has 1 aromatic rings. The number of carbonyl (C=O) groups excluding carboxylic acids is 2. The first kappa shape index (κ1) is 14.6. The number of rotatable bonds is 6. The highest BCUT2D eigenvalue weighted by atomic mass is 16.4. The van der Waals surface area contributed by atoms with E-state index in [2.05, 4.69) is 10.6 Å². The zero-order valence-corrected chi connectivity index (χ0v) is 11.5. The van der Waals surface area contributed by atoms with Crippen LogP contribution in [0.1, 0.15) is 42.0 Å². The number of amides is 2. The monoisotopic (exact) mass is 279 g/mol. The van der Waals surface area contributed by atoms with E-state index < -0.39 is 5.91 Å². The van der Waals surface area contributed by atoms with E-state index in [9.17, 15) is 9.59 Å². The molecule has 1 aromatic heterocycles. The summed E-state index contributed by atoms with van der Waals surface area (Å²) in [6, 6.07) is 3.16. The molecule has 6 nitrogen and oxygen atoms in total. The van der Waals surface area contributed by atoms with Crippen molar-refractivity contribution in [1.29, 1.82) is 0 Å². The predicted octanol–water partition coefficient (Wildman–Crippen LogP) is 0.774. The van der Waals surface area contributed by atoms with E-state index >= 15 is 0 Å². The molecule has 6 heteroatoms. The Balaban J connectivity index is 1.67. The summed E-state index contributed by atoms with van der Waals surface area (Å²) >= 11 is 0. The minimum atomic E-state index is -0.603. The van der Waals surface area contributed by atoms with Gasteiger partial charge in [0, 0.05) is 6.42 Å². The highest BCUT2D eigenvalue weighted by Gasteiger charge is 2.14. The molecule has 0 atom stereocenters. The van der Waals surface area contributed by atoms with Gasteiger partial charge in [-0.15, -0.1) is 0 Å². The van der Waals surface area contributed by atoms with Crippen LogP contribution in [-0.4, -0.2) is 24.9 Å². The fourth-order valence-electron chi connectivity index (χ4n) is 2.39. The number of nitrogens with two attached hydrogens (primary N) is 1. The molecule has 20 heavy (non-hydrogen) atoms. The van der Waals surface area contributed by atoms with Crippen LogP contribution in [0.4, 0.5) is 0 Å². The summed E-state index contributed by atoms with van der Waals surface area (Å²) in [4.78, 5) is 22.6. The van der Waals surface area contributed by atoms with Crippen molar-refractivity contribution in [2.45, 2.75) is 32.2 Å². The molecule has 0 spiro atoms. The Bertz CT molecular complexity index is 464. The molecule has 1 aliphatic heterocycles. The first-order valence-corrected chi connectivity index (χ1v) is 7.01. The van der Waals surface area contributed by atoms with E-state index in [-0.39, 0.29) is 11.7 Å². The summed E-state index contributed by atoms with van der Waals surface area (Å²) < 4.78 is 5.19. The van der Waals surface area contributed by atoms with Gasteiger partial charge in [-0.2, -0.15) is 0 Å². The maximum absolute atomic E-state index is 11.7. The Morgan fingerprint density at radius 1 is 1.35 bits per heavy atom. The Hall–Kier alpha value is -1.82. The lowest BCUT2D eigenvalue weighted by atomic mass is 9.93. The Morgan fingerprint density at radius 2 is 2.10 bits per heavy atom. The first-order valence-electron chi connectivity index (χ1n) is 7.01. The Kier molecular flexibility index (Phi) is 5.17. The summed E-state index contributed by atoms with van der Waals surface area (Å²) in [5.41, 5.74) is 5.09. The van der Waals surface area contributed by atoms with Crippen LogP contribution in [0.15, 0.2) is 16.5 Å². The van der Waals surface area contributed by atoms with E-state index in [1.807, 2.05) is 0 Å². The number of piperidine rings is 1. The molecular weight excluding hydrogens is 258 g/mol. The minimum Gasteiger partial charge on any atom is -0.454 e. The average Bonchev–Trinajstić information content (AvgIpc) is 2.93. The van der Waals surface area contributed by atoms with Crippen LogP contribution in [-0.2, 0) is 11.3 Å². The van der Waals surface area contributed by atoms with Gasteiger partial charge in [0.2, 0.25) is 5.91 Å². The van der Waals surface area contributed by atoms with E-state index in [1.165, 1.54) is 6.07 Å². The molecule has 0 aromatic carbocycles. The van der Waals surface area contributed by atoms with Gasteiger partial charge in [0.25, 0.3) is 5.91 Å². The lowest BCUT2D eigenvalue weighted by molar-refractivity contribution is -0.121. The fourth-order valence-corrected chi connectivity index (χ4v) is 2.39. The van der Waals surface area contributed by atoms with Crippen molar-refractivity contribution in [2.75, 3.05) is 13.1 Å². The standard InChI is InChI=1S/C14H21N3O3/c15-14(19)12-3-2-11(20-12)9-17-13(18)4-1-10-5-7-16-8-6-10/h2-3,10,16H,1,4-9H2,(H2,15,19)(H,17,18). The molecule has 1 saturated heterocycles. The number of hydrogen-bond acceptors (Lipinski definition) is 4. The van der Waals surface area contributed by atoms with Crippen LogP contribution in [0.25, 0.3) is 0 Å². The largest absolute Gasteiger partial charge is 0.454 e. The smallest absolute Gasteiger partial charge is 0.284 e. The molecule has 2 heterocycles. The molecular formula is C14H21N3O3. The highest BCUT2D eigenvalue weighted by molar-refractivity contribution is 5.89. The van der Waals surface area contributed by atoms with Gasteiger partial charge >= 0.3 is 0 Å². The van der Waals surface area contributed by atoms with Crippen molar-refractivity contribution in [3.63, 3.8) is 0 Å². The molecule has 0 aliphatic carbocycles. The van der Waals surface area contributed by atoms with Gasteiger partial charge in [-0.3, -0.25) is 9.59 Å². The van der Waals surface area contributed by atoms with E-state index in [0.29, 0.717) is 24.6 Å². The van der Waals surface area contributed by atoms with Gasteiger partial charge in [-0.25, -0.2) is 0 Å². The summed E-state index contributed by atoms with van der Waals surface area (Å²) in [5, 5.41) is 6.10. The van der Waals surface area contributed by atoms with Crippen LogP contribution >= 0.6 is 0 Å². The van der Waals surface area contributed by atoms with Crippen molar-refractivity contribution >= 4 is 11.8 Å². The van der Waals surface area contributed by atoms with Crippen molar-refractivity contribution in [3.8, 4) is 0 Å². The average molecular weight is 279 g/mol. The second-order valence-corrected chi connectivity index (χ2v) is 5.14. The molecule has 0 saturated carbocycles. The normalized spacial score (nSPS) is 16.0. The number of primary amides is 1. The maximum atomic E-state index is 11.7. The molecule has 0 bridgehead atoms. The Morgan fingerprint density at radius 3 is 2.75 bits per heavy atom. The van der Waals surface area contributed by atoms with Gasteiger partial charge in [0.15, 0.2) is 5.76 Å². The SMILES string of the molecule is NC(=O)c1ccc(CNC(=O)CCC2CCNCC2)o1. The second-order valence-electron chi connectivity index (χ2n) is 5.14. The zero-order valence-electron chi connectivity index (χ0n) is 11.5. The third-order valence-corrected chi connectivity index (χ3v) is 3.60. The molecule has 0 unspecified atom stereocenters. The fraction of sp³-hybridized carbons (Fsp3) is 0.571. The van der Waals surface area contributed by atoms with Gasteiger partial charge in [-0.05, 0) is 50.4 Å². The van der Waals surface area contributed by atoms with Crippen molar-refractivity contribution in [2.24, 2.45) is 11.7 Å². The molecule has 2 amide bonds. The van der Waals surface area contributed by atoms with Crippen molar-refractivity contribution in [3.05, 3.63) is 23.7 Å². The van der Waals surface area contributed by atoms with E-state index in [0.717, 1.165) is 32.4 Å². The number of hydrogen-bond donors (Lipinski definition) is 3. The maximum Gasteiger partial charge on any atom is 0.284 e. The number of furan rings is 1. The molecule has 1 fully saturated rings. The molecule has 4 N–H and O–H groups in total.